The van der Waals surface area contributed by atoms with E-state index in [4.69, 9.17) is 0 Å². The first-order chi connectivity index (χ1) is 10.2. The van der Waals surface area contributed by atoms with Gasteiger partial charge in [0.2, 0.25) is 5.91 Å². The molecule has 21 heavy (non-hydrogen) atoms. The molecule has 5 rings (SSSR count). The molecule has 118 valence electrons. The van der Waals surface area contributed by atoms with Crippen LogP contribution in [0.25, 0.3) is 0 Å². The van der Waals surface area contributed by atoms with E-state index in [1.54, 1.807) is 0 Å². The minimum absolute atomic E-state index is 0.349. The average Bonchev–Trinajstić information content (AvgIpc) is 2.47. The molecule has 1 unspecified atom stereocenters. The van der Waals surface area contributed by atoms with Gasteiger partial charge in [0.1, 0.15) is 0 Å². The van der Waals surface area contributed by atoms with Crippen LogP contribution < -0.4 is 10.6 Å². The molecule has 1 amide bonds. The standard InChI is InChI=1S/C18H30N2O/c1-11(14-2-4-19-5-3-14)20-18(21)17-15-7-12-6-13(9-15)10-16(17)8-12/h11-17,19H,2-10H2,1H3,(H,20,21). The highest BCUT2D eigenvalue weighted by Crippen LogP contribution is 2.56. The SMILES string of the molecule is CC(NC(=O)C1C2CC3CC(C2)CC1C3)C1CCNCC1. The van der Waals surface area contributed by atoms with Crippen LogP contribution in [0, 0.1) is 35.5 Å². The molecule has 4 aliphatic carbocycles. The summed E-state index contributed by atoms with van der Waals surface area (Å²) in [5.74, 6) is 4.75. The van der Waals surface area contributed by atoms with E-state index in [-0.39, 0.29) is 0 Å². The van der Waals surface area contributed by atoms with Crippen LogP contribution >= 0.6 is 0 Å². The van der Waals surface area contributed by atoms with Crippen molar-refractivity contribution < 1.29 is 4.79 Å². The van der Waals surface area contributed by atoms with Crippen molar-refractivity contribution in [3.05, 3.63) is 0 Å². The summed E-state index contributed by atoms with van der Waals surface area (Å²) in [6, 6.07) is 0.358. The predicted molar refractivity (Wildman–Crippen MR) is 83.7 cm³/mol. The van der Waals surface area contributed by atoms with Crippen molar-refractivity contribution in [3.63, 3.8) is 0 Å². The molecule has 4 bridgehead atoms. The second kappa shape index (κ2) is 5.57. The Balaban J connectivity index is 1.38. The van der Waals surface area contributed by atoms with Gasteiger partial charge in [-0.2, -0.15) is 0 Å². The Kier molecular flexibility index (Phi) is 3.72. The van der Waals surface area contributed by atoms with E-state index in [1.807, 2.05) is 0 Å². The van der Waals surface area contributed by atoms with E-state index in [2.05, 4.69) is 17.6 Å². The van der Waals surface area contributed by atoms with E-state index >= 15 is 0 Å². The zero-order valence-electron chi connectivity index (χ0n) is 13.3. The lowest BCUT2D eigenvalue weighted by molar-refractivity contribution is -0.139. The van der Waals surface area contributed by atoms with Crippen LogP contribution in [-0.4, -0.2) is 25.0 Å². The van der Waals surface area contributed by atoms with Crippen LogP contribution in [-0.2, 0) is 4.79 Å². The molecule has 0 aromatic heterocycles. The quantitative estimate of drug-likeness (QED) is 0.839. The summed E-state index contributed by atoms with van der Waals surface area (Å²) < 4.78 is 0. The van der Waals surface area contributed by atoms with Crippen LogP contribution in [0.15, 0.2) is 0 Å². The molecule has 5 aliphatic rings. The van der Waals surface area contributed by atoms with Gasteiger partial charge in [-0.25, -0.2) is 0 Å². The second-order valence-corrected chi connectivity index (χ2v) is 8.34. The van der Waals surface area contributed by atoms with Gasteiger partial charge in [-0.3, -0.25) is 4.79 Å². The Bertz CT molecular complexity index is 374. The molecule has 1 atom stereocenters. The molecule has 0 aromatic rings. The van der Waals surface area contributed by atoms with E-state index < -0.39 is 0 Å². The molecule has 0 aromatic carbocycles. The van der Waals surface area contributed by atoms with Crippen LogP contribution in [0.4, 0.5) is 0 Å². The molecule has 0 radical (unpaired) electrons. The Morgan fingerprint density at radius 1 is 1.00 bits per heavy atom. The number of hydrogen-bond acceptors (Lipinski definition) is 2. The normalized spacial score (nSPS) is 43.8. The summed E-state index contributed by atoms with van der Waals surface area (Å²) in [4.78, 5) is 12.9. The van der Waals surface area contributed by atoms with Gasteiger partial charge in [-0.05, 0) is 94.5 Å². The maximum Gasteiger partial charge on any atom is 0.223 e. The van der Waals surface area contributed by atoms with Crippen LogP contribution in [0.3, 0.4) is 0 Å². The van der Waals surface area contributed by atoms with Crippen molar-refractivity contribution >= 4 is 5.91 Å². The van der Waals surface area contributed by atoms with Gasteiger partial charge in [0.05, 0.1) is 0 Å². The van der Waals surface area contributed by atoms with Gasteiger partial charge < -0.3 is 10.6 Å². The van der Waals surface area contributed by atoms with Crippen molar-refractivity contribution in [2.45, 2.75) is 57.9 Å². The minimum atomic E-state index is 0.349. The fourth-order valence-electron chi connectivity index (χ4n) is 6.14. The van der Waals surface area contributed by atoms with Gasteiger partial charge >= 0.3 is 0 Å². The van der Waals surface area contributed by atoms with Gasteiger partial charge in [0.25, 0.3) is 0 Å². The third-order valence-corrected chi connectivity index (χ3v) is 6.99. The molecule has 3 nitrogen and oxygen atoms in total. The number of nitrogens with one attached hydrogen (secondary N) is 2. The van der Waals surface area contributed by atoms with Gasteiger partial charge in [-0.1, -0.05) is 0 Å². The van der Waals surface area contributed by atoms with Gasteiger partial charge in [-0.15, -0.1) is 0 Å². The molecule has 1 saturated heterocycles. The lowest BCUT2D eigenvalue weighted by atomic mass is 9.51. The van der Waals surface area contributed by atoms with Crippen molar-refractivity contribution in [2.24, 2.45) is 35.5 Å². The van der Waals surface area contributed by atoms with Crippen molar-refractivity contribution in [1.29, 1.82) is 0 Å². The molecular formula is C18H30N2O. The van der Waals surface area contributed by atoms with Gasteiger partial charge in [0.15, 0.2) is 0 Å². The van der Waals surface area contributed by atoms with Crippen molar-refractivity contribution in [1.82, 2.24) is 10.6 Å². The number of amides is 1. The molecule has 4 saturated carbocycles. The summed E-state index contributed by atoms with van der Waals surface area (Å²) in [7, 11) is 0. The number of carbonyl (C=O) groups is 1. The highest BCUT2D eigenvalue weighted by atomic mass is 16.2. The largest absolute Gasteiger partial charge is 0.353 e. The maximum absolute atomic E-state index is 12.9. The summed E-state index contributed by atoms with van der Waals surface area (Å²) in [5, 5.41) is 6.83. The fourth-order valence-corrected chi connectivity index (χ4v) is 6.14. The molecule has 0 spiro atoms. The first-order valence-electron chi connectivity index (χ1n) is 9.21. The Morgan fingerprint density at radius 2 is 1.57 bits per heavy atom. The third-order valence-electron chi connectivity index (χ3n) is 6.99. The molecular weight excluding hydrogens is 260 g/mol. The molecule has 5 fully saturated rings. The Hall–Kier alpha value is -0.570. The Morgan fingerprint density at radius 3 is 2.14 bits per heavy atom. The average molecular weight is 290 g/mol. The molecule has 1 heterocycles. The van der Waals surface area contributed by atoms with E-state index in [0.29, 0.717) is 35.6 Å². The zero-order chi connectivity index (χ0) is 14.4. The third kappa shape index (κ3) is 2.62. The lowest BCUT2D eigenvalue weighted by Gasteiger charge is -2.53. The van der Waals surface area contributed by atoms with E-state index in [1.165, 1.54) is 44.9 Å². The maximum atomic E-state index is 12.9. The lowest BCUT2D eigenvalue weighted by Crippen LogP contribution is -2.53. The van der Waals surface area contributed by atoms with Crippen molar-refractivity contribution in [3.8, 4) is 0 Å². The predicted octanol–water partition coefficient (Wildman–Crippen LogP) is 2.56. The van der Waals surface area contributed by atoms with Crippen LogP contribution in [0.2, 0.25) is 0 Å². The minimum Gasteiger partial charge on any atom is -0.353 e. The number of carbonyl (C=O) groups excluding carboxylic acids is 1. The first kappa shape index (κ1) is 14.0. The summed E-state index contributed by atoms with van der Waals surface area (Å²) in [6.45, 7) is 4.45. The van der Waals surface area contributed by atoms with E-state index in [9.17, 15) is 4.79 Å². The Labute approximate surface area is 128 Å². The molecule has 2 N–H and O–H groups in total. The zero-order valence-corrected chi connectivity index (χ0v) is 13.3. The molecule has 1 aliphatic heterocycles. The van der Waals surface area contributed by atoms with E-state index in [0.717, 1.165) is 24.9 Å². The summed E-state index contributed by atoms with van der Waals surface area (Å²) >= 11 is 0. The number of hydrogen-bond donors (Lipinski definition) is 2. The molecule has 3 heteroatoms. The van der Waals surface area contributed by atoms with Crippen molar-refractivity contribution in [2.75, 3.05) is 13.1 Å². The van der Waals surface area contributed by atoms with Crippen LogP contribution in [0.1, 0.15) is 51.9 Å². The van der Waals surface area contributed by atoms with Gasteiger partial charge in [0, 0.05) is 12.0 Å². The topological polar surface area (TPSA) is 41.1 Å². The number of rotatable bonds is 3. The monoisotopic (exact) mass is 290 g/mol. The smallest absolute Gasteiger partial charge is 0.223 e. The summed E-state index contributed by atoms with van der Waals surface area (Å²) in [5.41, 5.74) is 0. The highest BCUT2D eigenvalue weighted by Gasteiger charge is 2.50. The summed E-state index contributed by atoms with van der Waals surface area (Å²) in [6.07, 6.45) is 9.25. The highest BCUT2D eigenvalue weighted by molar-refractivity contribution is 5.80. The second-order valence-electron chi connectivity index (χ2n) is 8.34. The number of piperidine rings is 1. The van der Waals surface area contributed by atoms with Crippen LogP contribution in [0.5, 0.6) is 0 Å². The first-order valence-corrected chi connectivity index (χ1v) is 9.21. The fraction of sp³-hybridized carbons (Fsp3) is 0.944.